The summed E-state index contributed by atoms with van der Waals surface area (Å²) < 4.78 is 0. The Kier molecular flexibility index (Phi) is 3.71. The van der Waals surface area contributed by atoms with Crippen molar-refractivity contribution in [2.24, 2.45) is 17.1 Å². The van der Waals surface area contributed by atoms with Gasteiger partial charge in [-0.1, -0.05) is 26.0 Å². The Hall–Kier alpha value is -1.35. The average Bonchev–Trinajstić information content (AvgIpc) is 3.12. The van der Waals surface area contributed by atoms with E-state index < -0.39 is 0 Å². The third-order valence-corrected chi connectivity index (χ3v) is 3.58. The van der Waals surface area contributed by atoms with Crippen molar-refractivity contribution in [1.82, 2.24) is 0 Å². The van der Waals surface area contributed by atoms with E-state index in [1.807, 2.05) is 12.1 Å². The lowest BCUT2D eigenvalue weighted by atomic mass is 10.0. The van der Waals surface area contributed by atoms with Crippen molar-refractivity contribution in [2.45, 2.75) is 33.1 Å². The summed E-state index contributed by atoms with van der Waals surface area (Å²) in [5.41, 5.74) is 7.54. The standard InChI is InChI=1S/C15H22N2O/c1-11(2)9-12-3-5-13(6-4-12)17-14(18)15(10-16)7-8-15/h3-6,11H,7-10,16H2,1-2H3,(H,17,18). The van der Waals surface area contributed by atoms with Crippen molar-refractivity contribution in [3.63, 3.8) is 0 Å². The molecule has 0 heterocycles. The molecule has 0 unspecified atom stereocenters. The molecule has 18 heavy (non-hydrogen) atoms. The summed E-state index contributed by atoms with van der Waals surface area (Å²) in [7, 11) is 0. The molecule has 0 atom stereocenters. The molecular formula is C15H22N2O. The van der Waals surface area contributed by atoms with Gasteiger partial charge >= 0.3 is 0 Å². The van der Waals surface area contributed by atoms with Gasteiger partial charge in [0.25, 0.3) is 0 Å². The zero-order valence-electron chi connectivity index (χ0n) is 11.2. The molecule has 1 aliphatic rings. The van der Waals surface area contributed by atoms with Crippen molar-refractivity contribution in [3.8, 4) is 0 Å². The normalized spacial score (nSPS) is 16.7. The van der Waals surface area contributed by atoms with Gasteiger partial charge in [0.2, 0.25) is 5.91 Å². The van der Waals surface area contributed by atoms with Crippen molar-refractivity contribution in [2.75, 3.05) is 11.9 Å². The Morgan fingerprint density at radius 3 is 2.39 bits per heavy atom. The average molecular weight is 246 g/mol. The maximum atomic E-state index is 12.0. The van der Waals surface area contributed by atoms with Crippen molar-refractivity contribution in [3.05, 3.63) is 29.8 Å². The fourth-order valence-electron chi connectivity index (χ4n) is 2.13. The molecule has 0 aromatic heterocycles. The molecule has 1 aliphatic carbocycles. The van der Waals surface area contributed by atoms with E-state index in [1.54, 1.807) is 0 Å². The van der Waals surface area contributed by atoms with E-state index in [4.69, 9.17) is 5.73 Å². The molecule has 0 bridgehead atoms. The van der Waals surface area contributed by atoms with Gasteiger partial charge in [0.1, 0.15) is 0 Å². The zero-order chi connectivity index (χ0) is 13.2. The Balaban J connectivity index is 1.96. The largest absolute Gasteiger partial charge is 0.329 e. The highest BCUT2D eigenvalue weighted by atomic mass is 16.2. The lowest BCUT2D eigenvalue weighted by Crippen LogP contribution is -2.30. The van der Waals surface area contributed by atoms with E-state index in [0.717, 1.165) is 24.9 Å². The molecule has 1 fully saturated rings. The lowest BCUT2D eigenvalue weighted by Gasteiger charge is -2.13. The number of hydrogen-bond donors (Lipinski definition) is 2. The zero-order valence-corrected chi connectivity index (χ0v) is 11.2. The Morgan fingerprint density at radius 2 is 1.94 bits per heavy atom. The van der Waals surface area contributed by atoms with Crippen LogP contribution in [-0.4, -0.2) is 12.5 Å². The number of nitrogens with two attached hydrogens (primary N) is 1. The van der Waals surface area contributed by atoms with Crippen LogP contribution in [0.15, 0.2) is 24.3 Å². The van der Waals surface area contributed by atoms with E-state index in [-0.39, 0.29) is 11.3 Å². The van der Waals surface area contributed by atoms with Gasteiger partial charge in [-0.2, -0.15) is 0 Å². The molecule has 3 N–H and O–H groups in total. The summed E-state index contributed by atoms with van der Waals surface area (Å²) in [5.74, 6) is 0.721. The first-order chi connectivity index (χ1) is 8.55. The highest BCUT2D eigenvalue weighted by Crippen LogP contribution is 2.45. The van der Waals surface area contributed by atoms with Gasteiger partial charge in [0.15, 0.2) is 0 Å². The van der Waals surface area contributed by atoms with E-state index >= 15 is 0 Å². The van der Waals surface area contributed by atoms with E-state index in [0.29, 0.717) is 12.5 Å². The maximum Gasteiger partial charge on any atom is 0.231 e. The first-order valence-corrected chi connectivity index (χ1v) is 6.66. The number of rotatable bonds is 5. The smallest absolute Gasteiger partial charge is 0.231 e. The summed E-state index contributed by atoms with van der Waals surface area (Å²) in [5, 5.41) is 2.96. The molecular weight excluding hydrogens is 224 g/mol. The van der Waals surface area contributed by atoms with Crippen molar-refractivity contribution in [1.29, 1.82) is 0 Å². The number of anilines is 1. The molecule has 3 heteroatoms. The van der Waals surface area contributed by atoms with E-state index in [9.17, 15) is 4.79 Å². The van der Waals surface area contributed by atoms with Crippen LogP contribution in [0, 0.1) is 11.3 Å². The summed E-state index contributed by atoms with van der Waals surface area (Å²) >= 11 is 0. The highest BCUT2D eigenvalue weighted by Gasteiger charge is 2.48. The predicted molar refractivity (Wildman–Crippen MR) is 74.3 cm³/mol. The van der Waals surface area contributed by atoms with Gasteiger partial charge in [0.05, 0.1) is 5.41 Å². The molecule has 98 valence electrons. The molecule has 3 nitrogen and oxygen atoms in total. The first kappa shape index (κ1) is 13.1. The van der Waals surface area contributed by atoms with Gasteiger partial charge in [-0.3, -0.25) is 4.79 Å². The van der Waals surface area contributed by atoms with Crippen LogP contribution >= 0.6 is 0 Å². The Bertz CT molecular complexity index is 419. The van der Waals surface area contributed by atoms with Gasteiger partial charge in [-0.15, -0.1) is 0 Å². The van der Waals surface area contributed by atoms with Crippen LogP contribution in [0.2, 0.25) is 0 Å². The van der Waals surface area contributed by atoms with Crippen LogP contribution in [-0.2, 0) is 11.2 Å². The van der Waals surface area contributed by atoms with Gasteiger partial charge in [-0.25, -0.2) is 0 Å². The molecule has 0 saturated heterocycles. The molecule has 1 aromatic carbocycles. The summed E-state index contributed by atoms with van der Waals surface area (Å²) in [6.07, 6.45) is 2.91. The quantitative estimate of drug-likeness (QED) is 0.839. The van der Waals surface area contributed by atoms with Crippen LogP contribution in [0.4, 0.5) is 5.69 Å². The highest BCUT2D eigenvalue weighted by molar-refractivity contribution is 5.97. The number of carbonyl (C=O) groups excluding carboxylic acids is 1. The van der Waals surface area contributed by atoms with E-state index in [1.165, 1.54) is 5.56 Å². The van der Waals surface area contributed by atoms with Crippen LogP contribution in [0.3, 0.4) is 0 Å². The van der Waals surface area contributed by atoms with Crippen LogP contribution < -0.4 is 11.1 Å². The topological polar surface area (TPSA) is 55.1 Å². The fraction of sp³-hybridized carbons (Fsp3) is 0.533. The number of hydrogen-bond acceptors (Lipinski definition) is 2. The fourth-order valence-corrected chi connectivity index (χ4v) is 2.13. The second-order valence-corrected chi connectivity index (χ2v) is 5.73. The molecule has 1 aromatic rings. The molecule has 1 amide bonds. The third-order valence-electron chi connectivity index (χ3n) is 3.58. The molecule has 0 spiro atoms. The second kappa shape index (κ2) is 5.11. The minimum Gasteiger partial charge on any atom is -0.329 e. The monoisotopic (exact) mass is 246 g/mol. The molecule has 0 aliphatic heterocycles. The SMILES string of the molecule is CC(C)Cc1ccc(NC(=O)C2(CN)CC2)cc1. The van der Waals surface area contributed by atoms with Crippen LogP contribution in [0.5, 0.6) is 0 Å². The van der Waals surface area contributed by atoms with E-state index in [2.05, 4.69) is 31.3 Å². The first-order valence-electron chi connectivity index (χ1n) is 6.66. The number of carbonyl (C=O) groups is 1. The van der Waals surface area contributed by atoms with Gasteiger partial charge < -0.3 is 11.1 Å². The van der Waals surface area contributed by atoms with Crippen molar-refractivity contribution >= 4 is 11.6 Å². The maximum absolute atomic E-state index is 12.0. The van der Waals surface area contributed by atoms with Crippen LogP contribution in [0.25, 0.3) is 0 Å². The molecule has 1 saturated carbocycles. The summed E-state index contributed by atoms with van der Waals surface area (Å²) in [4.78, 5) is 12.0. The van der Waals surface area contributed by atoms with Crippen molar-refractivity contribution < 1.29 is 4.79 Å². The Morgan fingerprint density at radius 1 is 1.33 bits per heavy atom. The minimum absolute atomic E-state index is 0.0709. The number of amides is 1. The van der Waals surface area contributed by atoms with Gasteiger partial charge in [-0.05, 0) is 42.9 Å². The number of benzene rings is 1. The second-order valence-electron chi connectivity index (χ2n) is 5.73. The van der Waals surface area contributed by atoms with Crippen LogP contribution in [0.1, 0.15) is 32.3 Å². The minimum atomic E-state index is -0.281. The molecule has 0 radical (unpaired) electrons. The van der Waals surface area contributed by atoms with Gasteiger partial charge in [0, 0.05) is 12.2 Å². The lowest BCUT2D eigenvalue weighted by molar-refractivity contribution is -0.120. The number of nitrogens with one attached hydrogen (secondary N) is 1. The predicted octanol–water partition coefficient (Wildman–Crippen LogP) is 2.56. The third kappa shape index (κ3) is 2.91. The molecule has 2 rings (SSSR count). The summed E-state index contributed by atoms with van der Waals surface area (Å²) in [6.45, 7) is 4.85. The Labute approximate surface area is 109 Å². The summed E-state index contributed by atoms with van der Waals surface area (Å²) in [6, 6.07) is 8.11.